The third-order valence-corrected chi connectivity index (χ3v) is 8.15. The van der Waals surface area contributed by atoms with Crippen LogP contribution in [0.5, 0.6) is 17.2 Å². The van der Waals surface area contributed by atoms with Crippen molar-refractivity contribution >= 4 is 44.1 Å². The summed E-state index contributed by atoms with van der Waals surface area (Å²) in [4.78, 5) is 33.4. The van der Waals surface area contributed by atoms with Crippen molar-refractivity contribution < 1.29 is 28.9 Å². The fourth-order valence-electron chi connectivity index (χ4n) is 5.00. The number of benzene rings is 3. The minimum atomic E-state index is -0.918. The van der Waals surface area contributed by atoms with Gasteiger partial charge in [0.15, 0.2) is 16.6 Å². The van der Waals surface area contributed by atoms with Crippen LogP contribution in [-0.4, -0.2) is 41.6 Å². The summed E-state index contributed by atoms with van der Waals surface area (Å²) < 4.78 is 18.2. The standard InChI is InChI=1S/C32H30N2O6S/c1-18(2)11-12-38-22-6-4-5-20(16-22)28-27(29(35)21-8-10-24-25(17-21)40-14-13-39-24)30(36)31(37)34(28)32-33-23-9-7-19(3)15-26(23)41-32/h4-10,15-18,28,35H,11-14H2,1-3H3/b29-27+. The Morgan fingerprint density at radius 3 is 2.68 bits per heavy atom. The van der Waals surface area contributed by atoms with Crippen molar-refractivity contribution in [2.45, 2.75) is 33.2 Å². The largest absolute Gasteiger partial charge is 0.507 e. The van der Waals surface area contributed by atoms with Crippen LogP contribution >= 0.6 is 11.3 Å². The average molecular weight is 571 g/mol. The van der Waals surface area contributed by atoms with Crippen molar-refractivity contribution in [3.8, 4) is 17.2 Å². The van der Waals surface area contributed by atoms with Gasteiger partial charge in [0.05, 0.1) is 28.4 Å². The second kappa shape index (κ2) is 10.9. The predicted molar refractivity (Wildman–Crippen MR) is 158 cm³/mol. The zero-order valence-corrected chi connectivity index (χ0v) is 23.9. The molecule has 1 aromatic heterocycles. The topological polar surface area (TPSA) is 98.2 Å². The van der Waals surface area contributed by atoms with Gasteiger partial charge in [0, 0.05) is 5.56 Å². The van der Waals surface area contributed by atoms with Crippen LogP contribution in [0.1, 0.15) is 43.0 Å². The number of thiazole rings is 1. The number of rotatable bonds is 7. The molecule has 4 aromatic rings. The Balaban J connectivity index is 1.48. The fraction of sp³-hybridized carbons (Fsp3) is 0.281. The van der Waals surface area contributed by atoms with Crippen molar-refractivity contribution in [2.75, 3.05) is 24.7 Å². The molecular formula is C32H30N2O6S. The van der Waals surface area contributed by atoms with E-state index >= 15 is 0 Å². The number of amides is 1. The number of aliphatic hydroxyl groups excluding tert-OH is 1. The normalized spacial score (nSPS) is 18.0. The number of carbonyl (C=O) groups is 2. The summed E-state index contributed by atoms with van der Waals surface area (Å²) in [5, 5.41) is 12.0. The smallest absolute Gasteiger partial charge is 0.301 e. The van der Waals surface area contributed by atoms with Gasteiger partial charge >= 0.3 is 5.91 Å². The summed E-state index contributed by atoms with van der Waals surface area (Å²) in [6.07, 6.45) is 0.887. The van der Waals surface area contributed by atoms with Gasteiger partial charge < -0.3 is 19.3 Å². The zero-order chi connectivity index (χ0) is 28.7. The molecule has 0 saturated carbocycles. The quantitative estimate of drug-likeness (QED) is 0.155. The van der Waals surface area contributed by atoms with E-state index in [1.165, 1.54) is 16.2 Å². The van der Waals surface area contributed by atoms with Crippen LogP contribution in [0.15, 0.2) is 66.2 Å². The van der Waals surface area contributed by atoms with E-state index in [4.69, 9.17) is 19.2 Å². The Hall–Kier alpha value is -4.37. The van der Waals surface area contributed by atoms with Gasteiger partial charge in [0.2, 0.25) is 0 Å². The molecule has 0 radical (unpaired) electrons. The van der Waals surface area contributed by atoms with Crippen molar-refractivity contribution in [1.29, 1.82) is 0 Å². The van der Waals surface area contributed by atoms with Crippen molar-refractivity contribution in [3.63, 3.8) is 0 Å². The second-order valence-corrected chi connectivity index (χ2v) is 11.6. The third-order valence-electron chi connectivity index (χ3n) is 7.14. The Morgan fingerprint density at radius 1 is 1.07 bits per heavy atom. The Kier molecular flexibility index (Phi) is 7.13. The molecule has 3 aromatic carbocycles. The van der Waals surface area contributed by atoms with Crippen LogP contribution in [-0.2, 0) is 9.59 Å². The first-order chi connectivity index (χ1) is 19.8. The van der Waals surface area contributed by atoms with E-state index in [-0.39, 0.29) is 11.3 Å². The van der Waals surface area contributed by atoms with Gasteiger partial charge in [-0.3, -0.25) is 14.5 Å². The second-order valence-electron chi connectivity index (χ2n) is 10.6. The van der Waals surface area contributed by atoms with E-state index in [1.807, 2.05) is 49.4 Å². The number of aromatic nitrogens is 1. The van der Waals surface area contributed by atoms with Gasteiger partial charge in [-0.1, -0.05) is 43.4 Å². The first-order valence-corrected chi connectivity index (χ1v) is 14.4. The van der Waals surface area contributed by atoms with Crippen LogP contribution in [0.25, 0.3) is 16.0 Å². The van der Waals surface area contributed by atoms with Crippen LogP contribution in [0.4, 0.5) is 5.13 Å². The van der Waals surface area contributed by atoms with Gasteiger partial charge in [0.25, 0.3) is 5.78 Å². The lowest BCUT2D eigenvalue weighted by molar-refractivity contribution is -0.132. The fourth-order valence-corrected chi connectivity index (χ4v) is 6.09. The van der Waals surface area contributed by atoms with E-state index in [9.17, 15) is 14.7 Å². The molecule has 41 heavy (non-hydrogen) atoms. The maximum absolute atomic E-state index is 13.7. The Morgan fingerprint density at radius 2 is 1.88 bits per heavy atom. The number of fused-ring (bicyclic) bond motifs is 2. The lowest BCUT2D eigenvalue weighted by atomic mass is 9.95. The first kappa shape index (κ1) is 26.8. The molecule has 0 bridgehead atoms. The summed E-state index contributed by atoms with van der Waals surface area (Å²) >= 11 is 1.33. The van der Waals surface area contributed by atoms with E-state index in [2.05, 4.69) is 13.8 Å². The molecule has 1 N–H and O–H groups in total. The molecule has 0 spiro atoms. The summed E-state index contributed by atoms with van der Waals surface area (Å²) in [7, 11) is 0. The first-order valence-electron chi connectivity index (χ1n) is 13.6. The van der Waals surface area contributed by atoms with E-state index in [1.54, 1.807) is 18.2 Å². The molecule has 2 aliphatic rings. The number of hydrogen-bond acceptors (Lipinski definition) is 8. The predicted octanol–water partition coefficient (Wildman–Crippen LogP) is 6.43. The third kappa shape index (κ3) is 5.13. The van der Waals surface area contributed by atoms with Gasteiger partial charge in [0.1, 0.15) is 24.7 Å². The highest BCUT2D eigenvalue weighted by Gasteiger charge is 2.48. The minimum absolute atomic E-state index is 0.0264. The van der Waals surface area contributed by atoms with Gasteiger partial charge in [-0.2, -0.15) is 0 Å². The molecule has 1 amide bonds. The molecule has 1 saturated heterocycles. The van der Waals surface area contributed by atoms with Gasteiger partial charge in [-0.05, 0) is 72.9 Å². The maximum Gasteiger partial charge on any atom is 0.301 e. The number of aliphatic hydroxyl groups is 1. The molecule has 1 atom stereocenters. The van der Waals surface area contributed by atoms with Crippen LogP contribution in [0.3, 0.4) is 0 Å². The molecule has 0 aliphatic carbocycles. The van der Waals surface area contributed by atoms with E-state index in [0.717, 1.165) is 22.2 Å². The van der Waals surface area contributed by atoms with Crippen LogP contribution in [0, 0.1) is 12.8 Å². The highest BCUT2D eigenvalue weighted by Crippen LogP contribution is 2.45. The molecular weight excluding hydrogens is 540 g/mol. The summed E-state index contributed by atoms with van der Waals surface area (Å²) in [6, 6.07) is 17.2. The SMILES string of the molecule is Cc1ccc2nc(N3C(=O)C(=O)/C(=C(/O)c4ccc5c(c4)OCCO5)C3c3cccc(OCCC(C)C)c3)sc2c1. The Bertz CT molecular complexity index is 1690. The zero-order valence-electron chi connectivity index (χ0n) is 23.0. The Labute approximate surface area is 241 Å². The number of Topliss-reactive ketones (excluding diaryl/α,β-unsaturated/α-hetero) is 1. The van der Waals surface area contributed by atoms with Gasteiger partial charge in [-0.15, -0.1) is 0 Å². The number of nitrogens with zero attached hydrogens (tertiary/aromatic N) is 2. The monoisotopic (exact) mass is 570 g/mol. The van der Waals surface area contributed by atoms with E-state index < -0.39 is 17.7 Å². The minimum Gasteiger partial charge on any atom is -0.507 e. The molecule has 9 heteroatoms. The molecule has 3 heterocycles. The van der Waals surface area contributed by atoms with Crippen LogP contribution < -0.4 is 19.1 Å². The van der Waals surface area contributed by atoms with Crippen LogP contribution in [0.2, 0.25) is 0 Å². The van der Waals surface area contributed by atoms with Gasteiger partial charge in [-0.25, -0.2) is 4.98 Å². The lowest BCUT2D eigenvalue weighted by Crippen LogP contribution is -2.29. The molecule has 210 valence electrons. The number of carbonyl (C=O) groups excluding carboxylic acids is 2. The van der Waals surface area contributed by atoms with Crippen molar-refractivity contribution in [2.24, 2.45) is 5.92 Å². The summed E-state index contributed by atoms with van der Waals surface area (Å²) in [6.45, 7) is 7.59. The highest BCUT2D eigenvalue weighted by molar-refractivity contribution is 7.22. The summed E-state index contributed by atoms with van der Waals surface area (Å²) in [5.41, 5.74) is 2.74. The van der Waals surface area contributed by atoms with E-state index in [0.29, 0.717) is 59.2 Å². The highest BCUT2D eigenvalue weighted by atomic mass is 32.1. The molecule has 8 nitrogen and oxygen atoms in total. The number of hydrogen-bond donors (Lipinski definition) is 1. The number of aryl methyl sites for hydroxylation is 1. The lowest BCUT2D eigenvalue weighted by Gasteiger charge is -2.24. The maximum atomic E-state index is 13.7. The number of anilines is 1. The molecule has 1 unspecified atom stereocenters. The molecule has 2 aliphatic heterocycles. The average Bonchev–Trinajstić information content (AvgIpc) is 3.49. The van der Waals surface area contributed by atoms with Crippen molar-refractivity contribution in [1.82, 2.24) is 4.98 Å². The summed E-state index contributed by atoms with van der Waals surface area (Å²) in [5.74, 6) is 0.289. The molecule has 1 fully saturated rings. The van der Waals surface area contributed by atoms with Crippen molar-refractivity contribution in [3.05, 3.63) is 82.9 Å². The number of ketones is 1. The molecule has 6 rings (SSSR count). The number of ether oxygens (including phenoxy) is 3.